The molecule has 1 aliphatic heterocycles. The normalized spacial score (nSPS) is 22.9. The second-order valence-corrected chi connectivity index (χ2v) is 9.32. The summed E-state index contributed by atoms with van der Waals surface area (Å²) in [6, 6.07) is 9.77. The van der Waals surface area contributed by atoms with Gasteiger partial charge in [-0.05, 0) is 11.5 Å². The number of hydrogen-bond acceptors (Lipinski definition) is 6. The summed E-state index contributed by atoms with van der Waals surface area (Å²) in [5.74, 6) is 0.0377. The van der Waals surface area contributed by atoms with Crippen LogP contribution in [0.1, 0.15) is 24.3 Å². The Morgan fingerprint density at radius 3 is 2.43 bits per heavy atom. The van der Waals surface area contributed by atoms with Gasteiger partial charge in [-0.3, -0.25) is 14.7 Å². The van der Waals surface area contributed by atoms with Gasteiger partial charge in [0.05, 0.1) is 18.4 Å². The number of ketones is 1. The van der Waals surface area contributed by atoms with Gasteiger partial charge in [-0.1, -0.05) is 30.3 Å². The molecule has 8 heteroatoms. The number of allylic oxidation sites excluding steroid dienone is 2. The van der Waals surface area contributed by atoms with Crippen LogP contribution in [0.5, 0.6) is 0 Å². The summed E-state index contributed by atoms with van der Waals surface area (Å²) in [4.78, 5) is 18.9. The van der Waals surface area contributed by atoms with Crippen molar-refractivity contribution in [1.82, 2.24) is 9.21 Å². The number of aliphatic hydroxyl groups is 1. The van der Waals surface area contributed by atoms with Crippen molar-refractivity contribution in [2.45, 2.75) is 18.8 Å². The number of benzene rings is 1. The average molecular weight is 406 g/mol. The van der Waals surface area contributed by atoms with Crippen molar-refractivity contribution < 1.29 is 18.3 Å². The zero-order valence-electron chi connectivity index (χ0n) is 16.1. The Hall–Kier alpha value is -2.03. The van der Waals surface area contributed by atoms with Crippen molar-refractivity contribution in [3.8, 4) is 0 Å². The van der Waals surface area contributed by atoms with Crippen molar-refractivity contribution >= 4 is 22.0 Å². The molecule has 0 aromatic heterocycles. The Bertz CT molecular complexity index is 857. The Morgan fingerprint density at radius 2 is 1.82 bits per heavy atom. The van der Waals surface area contributed by atoms with Crippen LogP contribution in [0.25, 0.3) is 0 Å². The molecule has 1 aliphatic carbocycles. The third-order valence-electron chi connectivity index (χ3n) is 5.32. The van der Waals surface area contributed by atoms with E-state index in [2.05, 4.69) is 9.89 Å². The molecule has 1 fully saturated rings. The third-order valence-corrected chi connectivity index (χ3v) is 6.62. The third kappa shape index (κ3) is 5.27. The minimum atomic E-state index is -3.12. The van der Waals surface area contributed by atoms with Crippen LogP contribution < -0.4 is 0 Å². The van der Waals surface area contributed by atoms with E-state index in [4.69, 9.17) is 0 Å². The zero-order valence-corrected chi connectivity index (χ0v) is 16.9. The highest BCUT2D eigenvalue weighted by molar-refractivity contribution is 7.88. The van der Waals surface area contributed by atoms with Crippen LogP contribution >= 0.6 is 0 Å². The maximum atomic E-state index is 12.4. The maximum absolute atomic E-state index is 12.4. The summed E-state index contributed by atoms with van der Waals surface area (Å²) < 4.78 is 24.5. The first kappa shape index (κ1) is 20.7. The number of rotatable bonds is 6. The number of carbonyl (C=O) groups is 1. The molecule has 152 valence electrons. The smallest absolute Gasteiger partial charge is 0.211 e. The lowest BCUT2D eigenvalue weighted by molar-refractivity contribution is -0.116. The molecule has 1 atom stereocenters. The molecule has 1 unspecified atom stereocenters. The Morgan fingerprint density at radius 1 is 1.14 bits per heavy atom. The van der Waals surface area contributed by atoms with Crippen molar-refractivity contribution in [1.29, 1.82) is 0 Å². The van der Waals surface area contributed by atoms with Crippen LogP contribution in [-0.2, 0) is 14.8 Å². The molecule has 1 aromatic carbocycles. The van der Waals surface area contributed by atoms with Crippen LogP contribution in [0.2, 0.25) is 0 Å². The van der Waals surface area contributed by atoms with Crippen LogP contribution in [0.3, 0.4) is 0 Å². The summed E-state index contributed by atoms with van der Waals surface area (Å²) in [6.07, 6.45) is 3.55. The number of carbonyl (C=O) groups excluding carboxylic acids is 1. The number of hydrogen-bond donors (Lipinski definition) is 1. The molecule has 7 nitrogen and oxygen atoms in total. The largest absolute Gasteiger partial charge is 0.511 e. The summed E-state index contributed by atoms with van der Waals surface area (Å²) in [5.41, 5.74) is 1.38. The Balaban J connectivity index is 1.50. The second-order valence-electron chi connectivity index (χ2n) is 7.34. The number of aliphatic hydroxyl groups excluding tert-OH is 1. The quantitative estimate of drug-likeness (QED) is 0.726. The summed E-state index contributed by atoms with van der Waals surface area (Å²) in [7, 11) is -3.12. The zero-order chi connectivity index (χ0) is 20.1. The molecule has 0 bridgehead atoms. The van der Waals surface area contributed by atoms with Gasteiger partial charge in [0.25, 0.3) is 0 Å². The molecule has 0 spiro atoms. The fourth-order valence-electron chi connectivity index (χ4n) is 3.66. The highest BCUT2D eigenvalue weighted by Crippen LogP contribution is 2.32. The van der Waals surface area contributed by atoms with Gasteiger partial charge in [-0.15, -0.1) is 0 Å². The lowest BCUT2D eigenvalue weighted by Gasteiger charge is -2.32. The van der Waals surface area contributed by atoms with Gasteiger partial charge in [0.2, 0.25) is 10.0 Å². The first-order chi connectivity index (χ1) is 13.3. The second kappa shape index (κ2) is 8.98. The molecule has 0 amide bonds. The highest BCUT2D eigenvalue weighted by Gasteiger charge is 2.27. The van der Waals surface area contributed by atoms with Gasteiger partial charge in [-0.25, -0.2) is 8.42 Å². The molecule has 0 radical (unpaired) electrons. The van der Waals surface area contributed by atoms with Crippen LogP contribution in [0.15, 0.2) is 46.7 Å². The first-order valence-corrected chi connectivity index (χ1v) is 11.4. The number of Topliss-reactive ketones (excluding diaryl/α,β-unsaturated/α-hetero) is 1. The van der Waals surface area contributed by atoms with Crippen LogP contribution in [0, 0.1) is 0 Å². The maximum Gasteiger partial charge on any atom is 0.211 e. The van der Waals surface area contributed by atoms with Crippen molar-refractivity contribution in [2.24, 2.45) is 4.99 Å². The molecule has 1 aromatic rings. The van der Waals surface area contributed by atoms with E-state index in [1.54, 1.807) is 0 Å². The van der Waals surface area contributed by atoms with E-state index < -0.39 is 10.0 Å². The van der Waals surface area contributed by atoms with Gasteiger partial charge in [0.1, 0.15) is 5.76 Å². The van der Waals surface area contributed by atoms with Crippen LogP contribution in [-0.4, -0.2) is 80.3 Å². The van der Waals surface area contributed by atoms with Gasteiger partial charge in [0, 0.05) is 51.8 Å². The molecular formula is C20H27N3O4S. The minimum Gasteiger partial charge on any atom is -0.511 e. The van der Waals surface area contributed by atoms with Gasteiger partial charge >= 0.3 is 0 Å². The number of piperazine rings is 1. The molecule has 2 aliphatic rings. The predicted molar refractivity (Wildman–Crippen MR) is 109 cm³/mol. The molecule has 28 heavy (non-hydrogen) atoms. The van der Waals surface area contributed by atoms with E-state index in [0.29, 0.717) is 57.7 Å². The molecule has 1 N–H and O–H groups in total. The lowest BCUT2D eigenvalue weighted by atomic mass is 9.83. The van der Waals surface area contributed by atoms with Gasteiger partial charge in [0.15, 0.2) is 5.78 Å². The van der Waals surface area contributed by atoms with E-state index in [1.807, 2.05) is 30.3 Å². The Kier molecular flexibility index (Phi) is 6.64. The highest BCUT2D eigenvalue weighted by atomic mass is 32.2. The molecular weight excluding hydrogens is 378 g/mol. The fourth-order valence-corrected chi connectivity index (χ4v) is 4.48. The molecule has 1 heterocycles. The van der Waals surface area contributed by atoms with Crippen molar-refractivity contribution in [2.75, 3.05) is 45.5 Å². The van der Waals surface area contributed by atoms with E-state index in [-0.39, 0.29) is 17.5 Å². The summed E-state index contributed by atoms with van der Waals surface area (Å²) >= 11 is 0. The number of aliphatic imine (C=N–C) groups is 1. The number of nitrogens with zero attached hydrogens (tertiary/aromatic N) is 3. The standard InChI is InChI=1S/C20H27N3O4S/c1-28(26,27)23-11-9-22(10-12-23)8-7-21-15-18-19(24)13-17(14-20(18)25)16-5-3-2-4-6-16/h2-6,15,17,24H,7-14H2,1H3. The topological polar surface area (TPSA) is 90.3 Å². The SMILES string of the molecule is CS(=O)(=O)N1CCN(CCN=CC2=C(O)CC(c3ccccc3)CC2=O)CC1. The Labute approximate surface area is 166 Å². The van der Waals surface area contributed by atoms with Crippen molar-refractivity contribution in [3.63, 3.8) is 0 Å². The lowest BCUT2D eigenvalue weighted by Crippen LogP contribution is -2.48. The average Bonchev–Trinajstić information content (AvgIpc) is 2.67. The summed E-state index contributed by atoms with van der Waals surface area (Å²) in [6.45, 7) is 3.54. The monoisotopic (exact) mass is 405 g/mol. The molecule has 1 saturated heterocycles. The summed E-state index contributed by atoms with van der Waals surface area (Å²) in [5, 5.41) is 10.3. The van der Waals surface area contributed by atoms with E-state index in [1.165, 1.54) is 16.8 Å². The molecule has 0 saturated carbocycles. The van der Waals surface area contributed by atoms with Gasteiger partial charge < -0.3 is 5.11 Å². The van der Waals surface area contributed by atoms with Crippen molar-refractivity contribution in [3.05, 3.63) is 47.2 Å². The van der Waals surface area contributed by atoms with Gasteiger partial charge in [-0.2, -0.15) is 4.31 Å². The minimum absolute atomic E-state index is 0.0111. The predicted octanol–water partition coefficient (Wildman–Crippen LogP) is 1.59. The van der Waals surface area contributed by atoms with E-state index >= 15 is 0 Å². The van der Waals surface area contributed by atoms with E-state index in [0.717, 1.165) is 5.56 Å². The van der Waals surface area contributed by atoms with Crippen LogP contribution in [0.4, 0.5) is 0 Å². The number of sulfonamides is 1. The fraction of sp³-hybridized carbons (Fsp3) is 0.500. The molecule has 3 rings (SSSR count). The first-order valence-electron chi connectivity index (χ1n) is 9.52. The van der Waals surface area contributed by atoms with E-state index in [9.17, 15) is 18.3 Å².